The Morgan fingerprint density at radius 2 is 2.00 bits per heavy atom. The highest BCUT2D eigenvalue weighted by atomic mass is 16.5. The third kappa shape index (κ3) is 5.68. The van der Waals surface area contributed by atoms with Crippen molar-refractivity contribution in [2.75, 3.05) is 32.2 Å². The van der Waals surface area contributed by atoms with Gasteiger partial charge in [0, 0.05) is 31.1 Å². The molecule has 0 aliphatic carbocycles. The van der Waals surface area contributed by atoms with Crippen LogP contribution < -0.4 is 15.4 Å². The smallest absolute Gasteiger partial charge is 0.237 e. The van der Waals surface area contributed by atoms with Gasteiger partial charge in [0.1, 0.15) is 5.69 Å². The number of nitrogens with zero attached hydrogens (tertiary/aromatic N) is 1. The van der Waals surface area contributed by atoms with Gasteiger partial charge in [-0.2, -0.15) is 0 Å². The number of benzene rings is 1. The second-order valence-corrected chi connectivity index (χ2v) is 7.48. The predicted molar refractivity (Wildman–Crippen MR) is 110 cm³/mol. The summed E-state index contributed by atoms with van der Waals surface area (Å²) >= 11 is 0. The van der Waals surface area contributed by atoms with Crippen LogP contribution in [-0.2, 0) is 11.3 Å². The Morgan fingerprint density at radius 3 is 2.67 bits per heavy atom. The van der Waals surface area contributed by atoms with Crippen LogP contribution >= 0.6 is 0 Å². The maximum absolute atomic E-state index is 5.53. The van der Waals surface area contributed by atoms with E-state index in [1.807, 2.05) is 12.1 Å². The zero-order chi connectivity index (χ0) is 19.1. The number of hydrogen-bond acceptors (Lipinski definition) is 5. The number of rotatable bonds is 8. The van der Waals surface area contributed by atoms with Gasteiger partial charge < -0.3 is 20.1 Å². The number of aromatic nitrogens is 1. The van der Waals surface area contributed by atoms with Gasteiger partial charge in [0.05, 0.1) is 13.7 Å². The number of methoxy groups -OCH3 is 1. The van der Waals surface area contributed by atoms with Crippen molar-refractivity contribution in [3.8, 4) is 5.88 Å². The zero-order valence-electron chi connectivity index (χ0n) is 16.6. The second kappa shape index (κ2) is 9.72. The van der Waals surface area contributed by atoms with Crippen LogP contribution in [0, 0.1) is 5.92 Å². The van der Waals surface area contributed by atoms with E-state index in [9.17, 15) is 0 Å². The molecule has 1 aliphatic heterocycles. The van der Waals surface area contributed by atoms with Crippen LogP contribution in [0.15, 0.2) is 36.4 Å². The van der Waals surface area contributed by atoms with Gasteiger partial charge in [0.2, 0.25) is 5.88 Å². The summed E-state index contributed by atoms with van der Waals surface area (Å²) in [6.07, 6.45) is 2.45. The fourth-order valence-corrected chi connectivity index (χ4v) is 3.28. The van der Waals surface area contributed by atoms with Crippen molar-refractivity contribution in [2.45, 2.75) is 39.2 Å². The zero-order valence-corrected chi connectivity index (χ0v) is 16.6. The van der Waals surface area contributed by atoms with Gasteiger partial charge in [0.25, 0.3) is 0 Å². The minimum Gasteiger partial charge on any atom is -0.480 e. The third-order valence-corrected chi connectivity index (χ3v) is 4.92. The van der Waals surface area contributed by atoms with Gasteiger partial charge >= 0.3 is 0 Å². The topological polar surface area (TPSA) is 55.4 Å². The first-order chi connectivity index (χ1) is 13.2. The molecule has 1 fully saturated rings. The summed E-state index contributed by atoms with van der Waals surface area (Å²) in [6.45, 7) is 7.97. The summed E-state index contributed by atoms with van der Waals surface area (Å²) in [5.74, 6) is 1.65. The summed E-state index contributed by atoms with van der Waals surface area (Å²) in [5.41, 5.74) is 4.21. The molecule has 2 heterocycles. The third-order valence-electron chi connectivity index (χ3n) is 4.92. The maximum Gasteiger partial charge on any atom is 0.237 e. The number of pyridine rings is 1. The molecule has 2 N–H and O–H groups in total. The van der Waals surface area contributed by atoms with Gasteiger partial charge in [-0.05, 0) is 54.5 Å². The monoisotopic (exact) mass is 369 g/mol. The fourth-order valence-electron chi connectivity index (χ4n) is 3.28. The lowest BCUT2D eigenvalue weighted by molar-refractivity contribution is 0.0547. The van der Waals surface area contributed by atoms with E-state index in [0.29, 0.717) is 17.7 Å². The fraction of sp³-hybridized carbons (Fsp3) is 0.500. The number of nitrogens with one attached hydrogen (secondary N) is 2. The summed E-state index contributed by atoms with van der Waals surface area (Å²) in [4.78, 5) is 4.58. The first-order valence-corrected chi connectivity index (χ1v) is 9.85. The molecule has 1 aliphatic rings. The van der Waals surface area contributed by atoms with Gasteiger partial charge in [0.15, 0.2) is 0 Å². The molecule has 1 atom stereocenters. The van der Waals surface area contributed by atoms with E-state index >= 15 is 0 Å². The maximum atomic E-state index is 5.53. The lowest BCUT2D eigenvalue weighted by Crippen LogP contribution is -2.28. The minimum absolute atomic E-state index is 0.375. The van der Waals surface area contributed by atoms with Gasteiger partial charge in [-0.1, -0.05) is 26.0 Å². The first kappa shape index (κ1) is 19.6. The Morgan fingerprint density at radius 1 is 1.19 bits per heavy atom. The van der Waals surface area contributed by atoms with Crippen LogP contribution in [0.2, 0.25) is 0 Å². The normalized spacial score (nSPS) is 17.1. The molecular weight excluding hydrogens is 338 g/mol. The highest BCUT2D eigenvalue weighted by Gasteiger charge is 2.13. The lowest BCUT2D eigenvalue weighted by atomic mass is 10.0. The van der Waals surface area contributed by atoms with Crippen molar-refractivity contribution >= 4 is 11.4 Å². The molecule has 1 aromatic heterocycles. The van der Waals surface area contributed by atoms with Crippen LogP contribution in [0.1, 0.15) is 43.9 Å². The summed E-state index contributed by atoms with van der Waals surface area (Å²) in [6, 6.07) is 12.6. The molecule has 0 bridgehead atoms. The van der Waals surface area contributed by atoms with E-state index < -0.39 is 0 Å². The van der Waals surface area contributed by atoms with E-state index in [1.54, 1.807) is 7.11 Å². The average Bonchev–Trinajstić information content (AvgIpc) is 2.70. The van der Waals surface area contributed by atoms with Crippen LogP contribution in [-0.4, -0.2) is 31.9 Å². The van der Waals surface area contributed by atoms with Crippen molar-refractivity contribution < 1.29 is 9.47 Å². The van der Waals surface area contributed by atoms with Crippen molar-refractivity contribution in [2.24, 2.45) is 5.92 Å². The largest absolute Gasteiger partial charge is 0.480 e. The Kier molecular flexibility index (Phi) is 7.07. The Balaban J connectivity index is 1.54. The molecular formula is C22H31N3O2. The molecule has 0 spiro atoms. The Labute approximate surface area is 162 Å². The minimum atomic E-state index is 0.375. The number of anilines is 2. The molecule has 27 heavy (non-hydrogen) atoms. The van der Waals surface area contributed by atoms with Crippen LogP contribution in [0.5, 0.6) is 5.88 Å². The van der Waals surface area contributed by atoms with Gasteiger partial charge in [-0.3, -0.25) is 0 Å². The number of ether oxygens (including phenoxy) is 2. The molecule has 146 valence electrons. The van der Waals surface area contributed by atoms with Crippen LogP contribution in [0.3, 0.4) is 0 Å². The molecule has 3 rings (SSSR count). The highest BCUT2D eigenvalue weighted by Crippen LogP contribution is 2.28. The summed E-state index contributed by atoms with van der Waals surface area (Å²) in [7, 11) is 1.66. The standard InChI is InChI=1S/C22H31N3O2/c1-16(2)20-10-11-21(22(25-20)26-3)24-19-8-6-17(7-9-19)13-23-14-18-5-4-12-27-15-18/h6-11,16,18,23-24H,4-5,12-15H2,1-3H3. The molecule has 1 aromatic carbocycles. The van der Waals surface area contributed by atoms with Gasteiger partial charge in [-0.15, -0.1) is 0 Å². The van der Waals surface area contributed by atoms with E-state index in [0.717, 1.165) is 43.4 Å². The molecule has 0 saturated carbocycles. The summed E-state index contributed by atoms with van der Waals surface area (Å²) in [5, 5.41) is 6.95. The first-order valence-electron chi connectivity index (χ1n) is 9.85. The van der Waals surface area contributed by atoms with Crippen molar-refractivity contribution in [1.29, 1.82) is 0 Å². The molecule has 1 saturated heterocycles. The van der Waals surface area contributed by atoms with Crippen LogP contribution in [0.4, 0.5) is 11.4 Å². The van der Waals surface area contributed by atoms with E-state index in [4.69, 9.17) is 9.47 Å². The molecule has 5 heteroatoms. The highest BCUT2D eigenvalue weighted by molar-refractivity contribution is 5.64. The average molecular weight is 370 g/mol. The second-order valence-electron chi connectivity index (χ2n) is 7.48. The predicted octanol–water partition coefficient (Wildman–Crippen LogP) is 4.47. The SMILES string of the molecule is COc1nc(C(C)C)ccc1Nc1ccc(CNCC2CCCOC2)cc1. The van der Waals surface area contributed by atoms with E-state index in [1.165, 1.54) is 18.4 Å². The van der Waals surface area contributed by atoms with Crippen molar-refractivity contribution in [1.82, 2.24) is 10.3 Å². The van der Waals surface area contributed by atoms with Crippen molar-refractivity contribution in [3.63, 3.8) is 0 Å². The van der Waals surface area contributed by atoms with Gasteiger partial charge in [-0.25, -0.2) is 4.98 Å². The molecule has 1 unspecified atom stereocenters. The molecule has 2 aromatic rings. The quantitative estimate of drug-likeness (QED) is 0.719. The molecule has 5 nitrogen and oxygen atoms in total. The lowest BCUT2D eigenvalue weighted by Gasteiger charge is -2.22. The van der Waals surface area contributed by atoms with Crippen molar-refractivity contribution in [3.05, 3.63) is 47.7 Å². The van der Waals surface area contributed by atoms with Crippen LogP contribution in [0.25, 0.3) is 0 Å². The molecule has 0 radical (unpaired) electrons. The Bertz CT molecular complexity index is 710. The number of hydrogen-bond donors (Lipinski definition) is 2. The molecule has 0 amide bonds. The Hall–Kier alpha value is -2.11. The summed E-state index contributed by atoms with van der Waals surface area (Å²) < 4.78 is 11.0. The van der Waals surface area contributed by atoms with E-state index in [-0.39, 0.29) is 0 Å². The van der Waals surface area contributed by atoms with E-state index in [2.05, 4.69) is 53.7 Å².